The van der Waals surface area contributed by atoms with Gasteiger partial charge in [-0.3, -0.25) is 0 Å². The number of carbonyl (C=O) groups excluding carboxylic acids is 1. The van der Waals surface area contributed by atoms with Gasteiger partial charge in [0.1, 0.15) is 17.1 Å². The Morgan fingerprint density at radius 1 is 1.35 bits per heavy atom. The van der Waals surface area contributed by atoms with E-state index in [1.165, 1.54) is 12.7 Å². The molecule has 0 amide bonds. The third kappa shape index (κ3) is 4.21. The number of hydrogen-bond acceptors (Lipinski definition) is 5. The van der Waals surface area contributed by atoms with Crippen molar-refractivity contribution < 1.29 is 19.1 Å². The topological polar surface area (TPSA) is 71.7 Å². The molecule has 1 aromatic heterocycles. The number of methoxy groups -OCH3 is 1. The lowest BCUT2D eigenvalue weighted by atomic mass is 10.0. The Morgan fingerprint density at radius 3 is 2.61 bits per heavy atom. The SMILES string of the molecule is CCc1ccc(C(CO)NCc2cc(C(=O)OC)c(C)o2)cc1. The van der Waals surface area contributed by atoms with E-state index < -0.39 is 5.97 Å². The van der Waals surface area contributed by atoms with Gasteiger partial charge in [-0.05, 0) is 30.5 Å². The number of ether oxygens (including phenoxy) is 1. The summed E-state index contributed by atoms with van der Waals surface area (Å²) in [5.74, 6) is 0.749. The zero-order valence-corrected chi connectivity index (χ0v) is 13.8. The summed E-state index contributed by atoms with van der Waals surface area (Å²) in [5, 5.41) is 12.8. The van der Waals surface area contributed by atoms with Crippen LogP contribution in [0.1, 0.15) is 46.0 Å². The Labute approximate surface area is 136 Å². The van der Waals surface area contributed by atoms with E-state index in [1.54, 1.807) is 13.0 Å². The number of aryl methyl sites for hydroxylation is 2. The van der Waals surface area contributed by atoms with Gasteiger partial charge in [0.2, 0.25) is 0 Å². The van der Waals surface area contributed by atoms with Crippen molar-refractivity contribution in [1.82, 2.24) is 5.32 Å². The summed E-state index contributed by atoms with van der Waals surface area (Å²) in [7, 11) is 1.34. The molecule has 0 bridgehead atoms. The Bertz CT molecular complexity index is 646. The second-order valence-corrected chi connectivity index (χ2v) is 5.39. The molecular weight excluding hydrogens is 294 g/mol. The van der Waals surface area contributed by atoms with Crippen molar-refractivity contribution in [2.75, 3.05) is 13.7 Å². The van der Waals surface area contributed by atoms with E-state index in [-0.39, 0.29) is 12.6 Å². The predicted molar refractivity (Wildman–Crippen MR) is 87.3 cm³/mol. The molecule has 0 spiro atoms. The molecule has 2 rings (SSSR count). The van der Waals surface area contributed by atoms with Crippen LogP contribution in [-0.2, 0) is 17.7 Å². The van der Waals surface area contributed by atoms with Crippen molar-refractivity contribution in [1.29, 1.82) is 0 Å². The third-order valence-corrected chi connectivity index (χ3v) is 3.87. The molecule has 0 aliphatic carbocycles. The summed E-state index contributed by atoms with van der Waals surface area (Å²) < 4.78 is 10.3. The van der Waals surface area contributed by atoms with Crippen LogP contribution >= 0.6 is 0 Å². The van der Waals surface area contributed by atoms with Crippen molar-refractivity contribution >= 4 is 5.97 Å². The molecule has 0 saturated heterocycles. The first kappa shape index (κ1) is 17.2. The highest BCUT2D eigenvalue weighted by Gasteiger charge is 2.16. The lowest BCUT2D eigenvalue weighted by molar-refractivity contribution is 0.0599. The molecule has 2 aromatic rings. The summed E-state index contributed by atoms with van der Waals surface area (Å²) in [4.78, 5) is 11.6. The number of esters is 1. The molecule has 124 valence electrons. The minimum atomic E-state index is -0.411. The van der Waals surface area contributed by atoms with Crippen molar-refractivity contribution in [2.45, 2.75) is 32.9 Å². The normalized spacial score (nSPS) is 12.2. The van der Waals surface area contributed by atoms with E-state index in [0.29, 0.717) is 23.6 Å². The standard InChI is InChI=1S/C18H23NO4/c1-4-13-5-7-14(8-6-13)17(11-20)19-10-15-9-16(12(2)23-15)18(21)22-3/h5-9,17,19-20H,4,10-11H2,1-3H3. The first-order valence-electron chi connectivity index (χ1n) is 7.69. The van der Waals surface area contributed by atoms with Crippen LogP contribution < -0.4 is 5.32 Å². The molecule has 1 atom stereocenters. The van der Waals surface area contributed by atoms with Crippen LogP contribution in [0.3, 0.4) is 0 Å². The van der Waals surface area contributed by atoms with Crippen LogP contribution in [0.15, 0.2) is 34.7 Å². The number of carbonyl (C=O) groups is 1. The highest BCUT2D eigenvalue weighted by atomic mass is 16.5. The molecule has 0 fully saturated rings. The predicted octanol–water partition coefficient (Wildman–Crippen LogP) is 2.76. The maximum atomic E-state index is 11.6. The van der Waals surface area contributed by atoms with Gasteiger partial charge in [0.25, 0.3) is 0 Å². The van der Waals surface area contributed by atoms with Crippen molar-refractivity contribution in [2.24, 2.45) is 0 Å². The summed E-state index contributed by atoms with van der Waals surface area (Å²) in [6.45, 7) is 4.23. The Hall–Kier alpha value is -2.11. The van der Waals surface area contributed by atoms with Crippen LogP contribution in [0, 0.1) is 6.92 Å². The van der Waals surface area contributed by atoms with Gasteiger partial charge in [0.05, 0.1) is 26.3 Å². The number of aliphatic hydroxyl groups excluding tert-OH is 1. The highest BCUT2D eigenvalue weighted by Crippen LogP contribution is 2.18. The average Bonchev–Trinajstić information content (AvgIpc) is 2.96. The number of hydrogen-bond donors (Lipinski definition) is 2. The van der Waals surface area contributed by atoms with E-state index >= 15 is 0 Å². The molecule has 1 heterocycles. The first-order chi connectivity index (χ1) is 11.1. The minimum Gasteiger partial charge on any atom is -0.465 e. The summed E-state index contributed by atoms with van der Waals surface area (Å²) in [5.41, 5.74) is 2.70. The van der Waals surface area contributed by atoms with Gasteiger partial charge in [0.15, 0.2) is 0 Å². The molecule has 2 N–H and O–H groups in total. The lowest BCUT2D eigenvalue weighted by Crippen LogP contribution is -2.23. The van der Waals surface area contributed by atoms with Gasteiger partial charge in [-0.25, -0.2) is 4.79 Å². The number of nitrogens with one attached hydrogen (secondary N) is 1. The van der Waals surface area contributed by atoms with Crippen molar-refractivity contribution in [3.63, 3.8) is 0 Å². The van der Waals surface area contributed by atoms with E-state index in [1.807, 2.05) is 12.1 Å². The van der Waals surface area contributed by atoms with Crippen molar-refractivity contribution in [3.05, 3.63) is 58.5 Å². The van der Waals surface area contributed by atoms with Gasteiger partial charge in [0, 0.05) is 0 Å². The average molecular weight is 317 g/mol. The Morgan fingerprint density at radius 2 is 2.04 bits per heavy atom. The van der Waals surface area contributed by atoms with Crippen molar-refractivity contribution in [3.8, 4) is 0 Å². The van der Waals surface area contributed by atoms with E-state index in [2.05, 4.69) is 24.4 Å². The van der Waals surface area contributed by atoms with E-state index in [9.17, 15) is 9.90 Å². The molecule has 0 saturated carbocycles. The smallest absolute Gasteiger partial charge is 0.341 e. The van der Waals surface area contributed by atoms with Gasteiger partial charge in [-0.15, -0.1) is 0 Å². The number of aliphatic hydroxyl groups is 1. The van der Waals surface area contributed by atoms with Crippen LogP contribution in [0.2, 0.25) is 0 Å². The number of benzene rings is 1. The second-order valence-electron chi connectivity index (χ2n) is 5.39. The molecule has 5 heteroatoms. The van der Waals surface area contributed by atoms with Crippen LogP contribution in [0.4, 0.5) is 0 Å². The van der Waals surface area contributed by atoms with Crippen LogP contribution in [0.25, 0.3) is 0 Å². The maximum Gasteiger partial charge on any atom is 0.341 e. The van der Waals surface area contributed by atoms with Gasteiger partial charge in [-0.2, -0.15) is 0 Å². The lowest BCUT2D eigenvalue weighted by Gasteiger charge is -2.16. The molecule has 23 heavy (non-hydrogen) atoms. The second kappa shape index (κ2) is 7.94. The molecule has 1 aromatic carbocycles. The fourth-order valence-corrected chi connectivity index (χ4v) is 2.44. The quantitative estimate of drug-likeness (QED) is 0.768. The molecule has 5 nitrogen and oxygen atoms in total. The molecule has 0 radical (unpaired) electrons. The fourth-order valence-electron chi connectivity index (χ4n) is 2.44. The largest absolute Gasteiger partial charge is 0.465 e. The zero-order valence-electron chi connectivity index (χ0n) is 13.8. The summed E-state index contributed by atoms with van der Waals surface area (Å²) >= 11 is 0. The third-order valence-electron chi connectivity index (χ3n) is 3.87. The highest BCUT2D eigenvalue weighted by molar-refractivity contribution is 5.90. The van der Waals surface area contributed by atoms with Gasteiger partial charge >= 0.3 is 5.97 Å². The molecule has 0 aliphatic rings. The van der Waals surface area contributed by atoms with Gasteiger partial charge in [-0.1, -0.05) is 31.2 Å². The van der Waals surface area contributed by atoms with Crippen LogP contribution in [-0.4, -0.2) is 24.8 Å². The molecular formula is C18H23NO4. The molecule has 1 unspecified atom stereocenters. The Kier molecular flexibility index (Phi) is 5.96. The number of rotatable bonds is 7. The van der Waals surface area contributed by atoms with E-state index in [0.717, 1.165) is 12.0 Å². The monoisotopic (exact) mass is 317 g/mol. The first-order valence-corrected chi connectivity index (χ1v) is 7.69. The minimum absolute atomic E-state index is 0.0188. The Balaban J connectivity index is 2.04. The van der Waals surface area contributed by atoms with Gasteiger partial charge < -0.3 is 19.6 Å². The van der Waals surface area contributed by atoms with Crippen LogP contribution in [0.5, 0.6) is 0 Å². The van der Waals surface area contributed by atoms with E-state index in [4.69, 9.17) is 9.15 Å². The number of furan rings is 1. The maximum absolute atomic E-state index is 11.6. The molecule has 0 aliphatic heterocycles. The fraction of sp³-hybridized carbons (Fsp3) is 0.389. The zero-order chi connectivity index (χ0) is 16.8. The summed E-state index contributed by atoms with van der Waals surface area (Å²) in [6, 6.07) is 9.63. The summed E-state index contributed by atoms with van der Waals surface area (Å²) in [6.07, 6.45) is 0.986.